The molecular weight excluding hydrogens is 355 g/mol. The predicted octanol–water partition coefficient (Wildman–Crippen LogP) is 3.93. The number of H-pyrrole nitrogens is 1. The van der Waals surface area contributed by atoms with E-state index in [1.807, 2.05) is 0 Å². The summed E-state index contributed by atoms with van der Waals surface area (Å²) in [5.41, 5.74) is 0.687. The van der Waals surface area contributed by atoms with Crippen LogP contribution < -0.4 is 11.2 Å². The molecule has 0 atom stereocenters. The normalized spacial score (nSPS) is 14.2. The van der Waals surface area contributed by atoms with Crippen molar-refractivity contribution in [2.75, 3.05) is 0 Å². The van der Waals surface area contributed by atoms with E-state index in [0.717, 1.165) is 35.8 Å². The Hall–Kier alpha value is -1.56. The van der Waals surface area contributed by atoms with Gasteiger partial charge in [-0.3, -0.25) is 9.78 Å². The van der Waals surface area contributed by atoms with Crippen molar-refractivity contribution in [1.82, 2.24) is 9.55 Å². The third-order valence-corrected chi connectivity index (χ3v) is 5.76. The lowest BCUT2D eigenvalue weighted by Crippen LogP contribution is -2.33. The molecule has 2 aromatic heterocycles. The number of hydrogen-bond donors (Lipinski definition) is 1. The Kier molecular flexibility index (Phi) is 3.59. The first-order valence-corrected chi connectivity index (χ1v) is 8.88. The number of halogens is 2. The van der Waals surface area contributed by atoms with Gasteiger partial charge in [0.1, 0.15) is 4.83 Å². The SMILES string of the molecule is O=c1[nH]c2sc3c(c2c(=O)n1-c1cc(Cl)cc(Cl)c1)CCCC3. The van der Waals surface area contributed by atoms with Crippen LogP contribution >= 0.6 is 34.5 Å². The van der Waals surface area contributed by atoms with Crippen molar-refractivity contribution in [1.29, 1.82) is 0 Å². The Bertz CT molecular complexity index is 1030. The number of thiophene rings is 1. The lowest BCUT2D eigenvalue weighted by atomic mass is 9.97. The van der Waals surface area contributed by atoms with Gasteiger partial charge in [0.15, 0.2) is 0 Å². The number of nitrogens with one attached hydrogen (secondary N) is 1. The van der Waals surface area contributed by atoms with E-state index in [4.69, 9.17) is 23.2 Å². The molecule has 0 amide bonds. The van der Waals surface area contributed by atoms with E-state index >= 15 is 0 Å². The summed E-state index contributed by atoms with van der Waals surface area (Å²) in [6, 6.07) is 4.69. The lowest BCUT2D eigenvalue weighted by Gasteiger charge is -2.10. The molecule has 0 aliphatic heterocycles. The zero-order valence-electron chi connectivity index (χ0n) is 12.0. The second kappa shape index (κ2) is 5.51. The van der Waals surface area contributed by atoms with Crippen LogP contribution in [0.15, 0.2) is 27.8 Å². The van der Waals surface area contributed by atoms with Crippen molar-refractivity contribution in [2.24, 2.45) is 0 Å². The highest BCUT2D eigenvalue weighted by molar-refractivity contribution is 7.18. The first-order valence-electron chi connectivity index (χ1n) is 7.30. The van der Waals surface area contributed by atoms with E-state index in [0.29, 0.717) is 25.9 Å². The van der Waals surface area contributed by atoms with E-state index in [2.05, 4.69) is 4.98 Å². The molecule has 4 rings (SSSR count). The van der Waals surface area contributed by atoms with Gasteiger partial charge >= 0.3 is 5.69 Å². The van der Waals surface area contributed by atoms with Crippen LogP contribution in [-0.2, 0) is 12.8 Å². The Balaban J connectivity index is 2.08. The van der Waals surface area contributed by atoms with Crippen molar-refractivity contribution in [3.63, 3.8) is 0 Å². The first kappa shape index (κ1) is 15.0. The Morgan fingerprint density at radius 1 is 1.04 bits per heavy atom. The fraction of sp³-hybridized carbons (Fsp3) is 0.250. The fourth-order valence-corrected chi connectivity index (χ4v) is 4.93. The van der Waals surface area contributed by atoms with Crippen LogP contribution in [0.4, 0.5) is 0 Å². The van der Waals surface area contributed by atoms with E-state index in [9.17, 15) is 9.59 Å². The van der Waals surface area contributed by atoms with Crippen molar-refractivity contribution < 1.29 is 0 Å². The lowest BCUT2D eigenvalue weighted by molar-refractivity contribution is 0.699. The number of benzene rings is 1. The molecule has 0 saturated carbocycles. The zero-order valence-corrected chi connectivity index (χ0v) is 14.3. The van der Waals surface area contributed by atoms with Crippen molar-refractivity contribution in [3.05, 3.63) is 59.5 Å². The van der Waals surface area contributed by atoms with Gasteiger partial charge in [-0.15, -0.1) is 11.3 Å². The van der Waals surface area contributed by atoms with E-state index in [1.54, 1.807) is 18.2 Å². The highest BCUT2D eigenvalue weighted by Crippen LogP contribution is 2.33. The largest absolute Gasteiger partial charge is 0.334 e. The van der Waals surface area contributed by atoms with Gasteiger partial charge in [0.25, 0.3) is 5.56 Å². The van der Waals surface area contributed by atoms with Crippen LogP contribution in [0.3, 0.4) is 0 Å². The first-order chi connectivity index (χ1) is 11.0. The summed E-state index contributed by atoms with van der Waals surface area (Å²) in [4.78, 5) is 30.1. The van der Waals surface area contributed by atoms with Gasteiger partial charge in [-0.2, -0.15) is 0 Å². The molecule has 1 N–H and O–H groups in total. The summed E-state index contributed by atoms with van der Waals surface area (Å²) in [5, 5.41) is 1.39. The molecule has 0 radical (unpaired) electrons. The Morgan fingerprint density at radius 3 is 2.48 bits per heavy atom. The molecule has 1 aliphatic carbocycles. The minimum atomic E-state index is -0.473. The second-order valence-corrected chi connectivity index (χ2v) is 7.59. The van der Waals surface area contributed by atoms with E-state index in [-0.39, 0.29) is 5.56 Å². The molecule has 0 fully saturated rings. The maximum atomic E-state index is 13.0. The van der Waals surface area contributed by atoms with Crippen molar-refractivity contribution in [2.45, 2.75) is 25.7 Å². The standard InChI is InChI=1S/C16H12Cl2N2O2S/c17-8-5-9(18)7-10(6-8)20-15(21)13-11-3-1-2-4-12(11)23-14(13)19-16(20)22/h5-7H,1-4H2,(H,19,22). The summed E-state index contributed by atoms with van der Waals surface area (Å²) in [6.07, 6.45) is 4.05. The van der Waals surface area contributed by atoms with Crippen molar-refractivity contribution >= 4 is 44.8 Å². The van der Waals surface area contributed by atoms with Gasteiger partial charge in [0.2, 0.25) is 0 Å². The molecule has 0 bridgehead atoms. The minimum Gasteiger partial charge on any atom is -0.298 e. The van der Waals surface area contributed by atoms with Crippen LogP contribution in [-0.4, -0.2) is 9.55 Å². The Morgan fingerprint density at radius 2 is 1.74 bits per heavy atom. The number of nitrogens with zero attached hydrogens (tertiary/aromatic N) is 1. The molecule has 0 saturated heterocycles. The van der Waals surface area contributed by atoms with Crippen LogP contribution in [0.2, 0.25) is 10.0 Å². The highest BCUT2D eigenvalue weighted by atomic mass is 35.5. The number of aryl methyl sites for hydroxylation is 2. The molecule has 23 heavy (non-hydrogen) atoms. The molecule has 118 valence electrons. The number of hydrogen-bond acceptors (Lipinski definition) is 3. The smallest absolute Gasteiger partial charge is 0.298 e. The maximum absolute atomic E-state index is 13.0. The van der Waals surface area contributed by atoms with Gasteiger partial charge in [-0.05, 0) is 49.4 Å². The number of fused-ring (bicyclic) bond motifs is 3. The third kappa shape index (κ3) is 2.43. The number of rotatable bonds is 1. The van der Waals surface area contributed by atoms with E-state index in [1.165, 1.54) is 16.2 Å². The molecule has 0 unspecified atom stereocenters. The van der Waals surface area contributed by atoms with Gasteiger partial charge in [0, 0.05) is 14.9 Å². The van der Waals surface area contributed by atoms with Crippen molar-refractivity contribution in [3.8, 4) is 5.69 Å². The van der Waals surface area contributed by atoms with Crippen LogP contribution in [0, 0.1) is 0 Å². The molecule has 4 nitrogen and oxygen atoms in total. The van der Waals surface area contributed by atoms with Crippen LogP contribution in [0.1, 0.15) is 23.3 Å². The van der Waals surface area contributed by atoms with Gasteiger partial charge < -0.3 is 0 Å². The van der Waals surface area contributed by atoms with Crippen LogP contribution in [0.25, 0.3) is 15.9 Å². The molecule has 1 aromatic carbocycles. The van der Waals surface area contributed by atoms with Gasteiger partial charge in [0.05, 0.1) is 11.1 Å². The Labute approximate surface area is 145 Å². The molecule has 2 heterocycles. The van der Waals surface area contributed by atoms with Gasteiger partial charge in [-0.25, -0.2) is 9.36 Å². The minimum absolute atomic E-state index is 0.304. The van der Waals surface area contributed by atoms with Gasteiger partial charge in [-0.1, -0.05) is 23.2 Å². The third-order valence-electron chi connectivity index (χ3n) is 4.12. The predicted molar refractivity (Wildman–Crippen MR) is 94.7 cm³/mol. The van der Waals surface area contributed by atoms with E-state index < -0.39 is 5.69 Å². The topological polar surface area (TPSA) is 54.9 Å². The highest BCUT2D eigenvalue weighted by Gasteiger charge is 2.21. The summed E-state index contributed by atoms with van der Waals surface area (Å²) in [7, 11) is 0. The average Bonchev–Trinajstić information content (AvgIpc) is 2.84. The summed E-state index contributed by atoms with van der Waals surface area (Å²) in [6.45, 7) is 0. The zero-order chi connectivity index (χ0) is 16.1. The molecule has 0 spiro atoms. The monoisotopic (exact) mass is 366 g/mol. The average molecular weight is 367 g/mol. The summed E-state index contributed by atoms with van der Waals surface area (Å²) < 4.78 is 1.11. The fourth-order valence-electron chi connectivity index (χ4n) is 3.14. The number of aromatic amines is 1. The second-order valence-electron chi connectivity index (χ2n) is 5.61. The molecule has 3 aromatic rings. The summed E-state index contributed by atoms with van der Waals surface area (Å²) in [5.74, 6) is 0. The maximum Gasteiger partial charge on any atom is 0.334 e. The van der Waals surface area contributed by atoms with Crippen LogP contribution in [0.5, 0.6) is 0 Å². The number of aromatic nitrogens is 2. The molecular formula is C16H12Cl2N2O2S. The molecule has 7 heteroatoms. The summed E-state index contributed by atoms with van der Waals surface area (Å²) >= 11 is 13.5. The molecule has 1 aliphatic rings. The quantitative estimate of drug-likeness (QED) is 0.709.